The van der Waals surface area contributed by atoms with Gasteiger partial charge in [0, 0.05) is 11.6 Å². The van der Waals surface area contributed by atoms with E-state index in [4.69, 9.17) is 4.42 Å². The molecule has 4 rings (SSSR count). The molecule has 3 aromatic heterocycles. The van der Waals surface area contributed by atoms with Gasteiger partial charge in [-0.3, -0.25) is 4.79 Å². The molecule has 6 heteroatoms. The highest BCUT2D eigenvalue weighted by Gasteiger charge is 2.11. The van der Waals surface area contributed by atoms with Crippen molar-refractivity contribution in [1.82, 2.24) is 14.6 Å². The van der Waals surface area contributed by atoms with Crippen LogP contribution in [0.4, 0.5) is 0 Å². The van der Waals surface area contributed by atoms with Crippen LogP contribution in [-0.4, -0.2) is 14.6 Å². The molecule has 22 heavy (non-hydrogen) atoms. The summed E-state index contributed by atoms with van der Waals surface area (Å²) in [7, 11) is 0. The number of aryl methyl sites for hydroxylation is 1. The zero-order valence-corrected chi connectivity index (χ0v) is 12.5. The first-order valence-corrected chi connectivity index (χ1v) is 7.54. The fourth-order valence-corrected chi connectivity index (χ4v) is 3.05. The molecular weight excluding hydrogens is 298 g/mol. The average molecular weight is 309 g/mol. The van der Waals surface area contributed by atoms with Crippen LogP contribution < -0.4 is 10.1 Å². The molecule has 0 N–H and O–H groups in total. The topological polar surface area (TPSA) is 60.4 Å². The van der Waals surface area contributed by atoms with E-state index in [1.165, 1.54) is 21.4 Å². The number of thiazole rings is 1. The second-order valence-corrected chi connectivity index (χ2v) is 5.94. The quantitative estimate of drug-likeness (QED) is 0.570. The van der Waals surface area contributed by atoms with Gasteiger partial charge in [0.15, 0.2) is 5.82 Å². The Morgan fingerprint density at radius 2 is 2.05 bits per heavy atom. The first-order valence-electron chi connectivity index (χ1n) is 6.72. The Morgan fingerprint density at radius 3 is 2.73 bits per heavy atom. The van der Waals surface area contributed by atoms with Crippen molar-refractivity contribution in [3.63, 3.8) is 0 Å². The van der Waals surface area contributed by atoms with E-state index >= 15 is 0 Å². The molecule has 4 aromatic rings. The number of hydrogen-bond acceptors (Lipinski definition) is 5. The van der Waals surface area contributed by atoms with Crippen molar-refractivity contribution in [3.05, 3.63) is 68.9 Å². The Morgan fingerprint density at radius 1 is 1.23 bits per heavy atom. The van der Waals surface area contributed by atoms with Gasteiger partial charge in [0.05, 0.1) is 6.26 Å². The third kappa shape index (κ3) is 2.14. The van der Waals surface area contributed by atoms with Crippen molar-refractivity contribution in [1.29, 1.82) is 0 Å². The van der Waals surface area contributed by atoms with Crippen molar-refractivity contribution >= 4 is 22.4 Å². The summed E-state index contributed by atoms with van der Waals surface area (Å²) in [6, 6.07) is 11.5. The van der Waals surface area contributed by atoms with Crippen LogP contribution in [0.1, 0.15) is 11.3 Å². The molecule has 0 amide bonds. The van der Waals surface area contributed by atoms with Gasteiger partial charge in [-0.15, -0.1) is 5.10 Å². The number of nitrogens with zero attached hydrogens (tertiary/aromatic N) is 3. The summed E-state index contributed by atoms with van der Waals surface area (Å²) in [5.41, 5.74) is 1.89. The lowest BCUT2D eigenvalue weighted by atomic mass is 10.1. The summed E-state index contributed by atoms with van der Waals surface area (Å²) in [6.07, 6.45) is 3.28. The average Bonchev–Trinajstić information content (AvgIpc) is 3.21. The van der Waals surface area contributed by atoms with Gasteiger partial charge in [-0.2, -0.15) is 9.50 Å². The second-order valence-electron chi connectivity index (χ2n) is 4.93. The predicted octanol–water partition coefficient (Wildman–Crippen LogP) is 2.27. The first kappa shape index (κ1) is 13.0. The Bertz CT molecular complexity index is 1040. The molecule has 0 atom stereocenters. The maximum absolute atomic E-state index is 12.4. The fourth-order valence-electron chi connectivity index (χ4n) is 2.16. The van der Waals surface area contributed by atoms with Crippen LogP contribution in [-0.2, 0) is 0 Å². The largest absolute Gasteiger partial charge is 0.465 e. The van der Waals surface area contributed by atoms with Crippen LogP contribution in [0.3, 0.4) is 0 Å². The normalized spacial score (nSPS) is 12.3. The van der Waals surface area contributed by atoms with E-state index in [9.17, 15) is 4.79 Å². The van der Waals surface area contributed by atoms with Gasteiger partial charge in [0.1, 0.15) is 10.3 Å². The van der Waals surface area contributed by atoms with E-state index in [2.05, 4.69) is 10.1 Å². The van der Waals surface area contributed by atoms with E-state index in [-0.39, 0.29) is 5.56 Å². The van der Waals surface area contributed by atoms with E-state index < -0.39 is 0 Å². The van der Waals surface area contributed by atoms with Gasteiger partial charge in [-0.1, -0.05) is 41.2 Å². The number of benzene rings is 1. The van der Waals surface area contributed by atoms with Gasteiger partial charge in [-0.05, 0) is 19.1 Å². The van der Waals surface area contributed by atoms with E-state index in [1.54, 1.807) is 24.5 Å². The molecule has 3 heterocycles. The van der Waals surface area contributed by atoms with Crippen molar-refractivity contribution in [3.8, 4) is 11.4 Å². The SMILES string of the molecule is Cc1ccc(-c2nc3s/c(=C/c4ccco4)c(=O)n3n2)cc1. The Labute approximate surface area is 129 Å². The highest BCUT2D eigenvalue weighted by Crippen LogP contribution is 2.17. The molecule has 0 radical (unpaired) electrons. The minimum atomic E-state index is -0.178. The lowest BCUT2D eigenvalue weighted by Gasteiger charge is -1.94. The minimum Gasteiger partial charge on any atom is -0.465 e. The minimum absolute atomic E-state index is 0.178. The lowest BCUT2D eigenvalue weighted by Crippen LogP contribution is -2.23. The van der Waals surface area contributed by atoms with Gasteiger partial charge in [-0.25, -0.2) is 0 Å². The molecule has 1 aromatic carbocycles. The summed E-state index contributed by atoms with van der Waals surface area (Å²) in [6.45, 7) is 2.02. The maximum Gasteiger partial charge on any atom is 0.291 e. The molecule has 108 valence electrons. The van der Waals surface area contributed by atoms with Gasteiger partial charge in [0.2, 0.25) is 4.96 Å². The summed E-state index contributed by atoms with van der Waals surface area (Å²) < 4.78 is 7.13. The molecule has 0 aliphatic rings. The number of furan rings is 1. The van der Waals surface area contributed by atoms with Crippen LogP contribution in [0.15, 0.2) is 51.9 Å². The Kier molecular flexibility index (Phi) is 2.90. The first-order chi connectivity index (χ1) is 10.7. The zero-order chi connectivity index (χ0) is 15.1. The smallest absolute Gasteiger partial charge is 0.291 e. The Balaban J connectivity index is 1.84. The summed E-state index contributed by atoms with van der Waals surface area (Å²) in [5.74, 6) is 1.20. The monoisotopic (exact) mass is 309 g/mol. The molecule has 0 saturated carbocycles. The lowest BCUT2D eigenvalue weighted by molar-refractivity contribution is 0.556. The molecular formula is C16H11N3O2S. The second kappa shape index (κ2) is 4.92. The molecule has 0 saturated heterocycles. The number of aromatic nitrogens is 3. The highest BCUT2D eigenvalue weighted by atomic mass is 32.1. The number of rotatable bonds is 2. The summed E-state index contributed by atoms with van der Waals surface area (Å²) in [5, 5.41) is 4.31. The van der Waals surface area contributed by atoms with E-state index in [1.807, 2.05) is 31.2 Å². The Hall–Kier alpha value is -2.73. The molecule has 0 unspecified atom stereocenters. The van der Waals surface area contributed by atoms with Gasteiger partial charge < -0.3 is 4.42 Å². The van der Waals surface area contributed by atoms with Gasteiger partial charge in [0.25, 0.3) is 5.56 Å². The molecule has 0 spiro atoms. The summed E-state index contributed by atoms with van der Waals surface area (Å²) >= 11 is 1.30. The zero-order valence-electron chi connectivity index (χ0n) is 11.7. The van der Waals surface area contributed by atoms with Crippen molar-refractivity contribution in [2.45, 2.75) is 6.92 Å². The van der Waals surface area contributed by atoms with Crippen LogP contribution in [0, 0.1) is 6.92 Å². The predicted molar refractivity (Wildman–Crippen MR) is 84.8 cm³/mol. The molecule has 0 bridgehead atoms. The van der Waals surface area contributed by atoms with Gasteiger partial charge >= 0.3 is 0 Å². The number of hydrogen-bond donors (Lipinski definition) is 0. The number of fused-ring (bicyclic) bond motifs is 1. The standard InChI is InChI=1S/C16H11N3O2S/c1-10-4-6-11(7-5-10)14-17-16-19(18-14)15(20)13(22-16)9-12-3-2-8-21-12/h2-9H,1H3/b13-9+. The fraction of sp³-hybridized carbons (Fsp3) is 0.0625. The van der Waals surface area contributed by atoms with Crippen LogP contribution in [0.5, 0.6) is 0 Å². The van der Waals surface area contributed by atoms with Crippen LogP contribution in [0.25, 0.3) is 22.4 Å². The molecule has 0 aliphatic heterocycles. The molecule has 5 nitrogen and oxygen atoms in total. The highest BCUT2D eigenvalue weighted by molar-refractivity contribution is 7.15. The van der Waals surface area contributed by atoms with Crippen LogP contribution >= 0.6 is 11.3 Å². The molecule has 0 fully saturated rings. The third-order valence-corrected chi connectivity index (χ3v) is 4.27. The van der Waals surface area contributed by atoms with Crippen molar-refractivity contribution in [2.24, 2.45) is 0 Å². The van der Waals surface area contributed by atoms with Crippen LogP contribution in [0.2, 0.25) is 0 Å². The maximum atomic E-state index is 12.4. The summed E-state index contributed by atoms with van der Waals surface area (Å²) in [4.78, 5) is 17.4. The van der Waals surface area contributed by atoms with E-state index in [0.29, 0.717) is 21.1 Å². The van der Waals surface area contributed by atoms with E-state index in [0.717, 1.165) is 5.56 Å². The van der Waals surface area contributed by atoms with Crippen molar-refractivity contribution < 1.29 is 4.42 Å². The molecule has 0 aliphatic carbocycles. The van der Waals surface area contributed by atoms with Crippen molar-refractivity contribution in [2.75, 3.05) is 0 Å². The third-order valence-electron chi connectivity index (χ3n) is 3.31.